The van der Waals surface area contributed by atoms with Crippen molar-refractivity contribution in [1.82, 2.24) is 0 Å². The van der Waals surface area contributed by atoms with Gasteiger partial charge in [-0.05, 0) is 12.1 Å². The summed E-state index contributed by atoms with van der Waals surface area (Å²) in [6.07, 6.45) is 1.63. The number of para-hydroxylation sites is 1. The molecule has 1 aromatic carbocycles. The molecule has 0 spiro atoms. The second-order valence-electron chi connectivity index (χ2n) is 2.77. The molecule has 1 N–H and O–H groups in total. The first-order valence-corrected chi connectivity index (χ1v) is 3.85. The summed E-state index contributed by atoms with van der Waals surface area (Å²) >= 11 is 0. The molecule has 1 atom stereocenters. The highest BCUT2D eigenvalue weighted by atomic mass is 16.1. The van der Waals surface area contributed by atoms with Crippen molar-refractivity contribution in [2.75, 3.05) is 5.32 Å². The largest absolute Gasteiger partial charge is 0.371 e. The molecule has 0 amide bonds. The summed E-state index contributed by atoms with van der Waals surface area (Å²) in [5.41, 5.74) is 1.68. The van der Waals surface area contributed by atoms with E-state index >= 15 is 0 Å². The van der Waals surface area contributed by atoms with Crippen molar-refractivity contribution in [3.05, 3.63) is 42.5 Å². The maximum absolute atomic E-state index is 11.5. The Morgan fingerprint density at radius 3 is 2.83 bits per heavy atom. The second-order valence-corrected chi connectivity index (χ2v) is 2.77. The number of carbonyl (C=O) groups is 1. The topological polar surface area (TPSA) is 29.1 Å². The van der Waals surface area contributed by atoms with Crippen LogP contribution in [0.4, 0.5) is 5.69 Å². The Balaban J connectivity index is 2.49. The van der Waals surface area contributed by atoms with Gasteiger partial charge in [-0.2, -0.15) is 0 Å². The fraction of sp³-hybridized carbons (Fsp3) is 0.100. The van der Waals surface area contributed by atoms with Crippen LogP contribution in [0, 0.1) is 0 Å². The number of ketones is 1. The van der Waals surface area contributed by atoms with E-state index in [9.17, 15) is 4.79 Å². The van der Waals surface area contributed by atoms with Crippen LogP contribution in [0.2, 0.25) is 0 Å². The van der Waals surface area contributed by atoms with Crippen molar-refractivity contribution < 1.29 is 4.79 Å². The number of hydrogen-bond acceptors (Lipinski definition) is 2. The Labute approximate surface area is 70.9 Å². The van der Waals surface area contributed by atoms with E-state index in [1.165, 1.54) is 0 Å². The summed E-state index contributed by atoms with van der Waals surface area (Å²) in [5.74, 6) is 0.112. The molecule has 12 heavy (non-hydrogen) atoms. The number of rotatable bonds is 1. The normalized spacial score (nSPS) is 20.0. The van der Waals surface area contributed by atoms with Crippen molar-refractivity contribution in [2.24, 2.45) is 0 Å². The summed E-state index contributed by atoms with van der Waals surface area (Å²) < 4.78 is 0. The smallest absolute Gasteiger partial charge is 0.191 e. The number of Topliss-reactive ketones (excluding diaryl/α,β-unsaturated/α-hetero) is 1. The lowest BCUT2D eigenvalue weighted by atomic mass is 10.1. The molecular weight excluding hydrogens is 150 g/mol. The molecule has 0 fully saturated rings. The molecule has 2 heteroatoms. The van der Waals surface area contributed by atoms with E-state index < -0.39 is 0 Å². The van der Waals surface area contributed by atoms with Crippen LogP contribution < -0.4 is 5.32 Å². The highest BCUT2D eigenvalue weighted by Gasteiger charge is 2.26. The SMILES string of the molecule is C=CC1Nc2ccccc2C1=O. The Morgan fingerprint density at radius 2 is 2.17 bits per heavy atom. The molecule has 2 nitrogen and oxygen atoms in total. The summed E-state index contributed by atoms with van der Waals surface area (Å²) in [4.78, 5) is 11.5. The van der Waals surface area contributed by atoms with Crippen molar-refractivity contribution in [3.63, 3.8) is 0 Å². The van der Waals surface area contributed by atoms with E-state index in [4.69, 9.17) is 0 Å². The van der Waals surface area contributed by atoms with E-state index in [1.54, 1.807) is 6.08 Å². The van der Waals surface area contributed by atoms with Crippen molar-refractivity contribution in [2.45, 2.75) is 6.04 Å². The molecule has 1 unspecified atom stereocenters. The summed E-state index contributed by atoms with van der Waals surface area (Å²) in [6.45, 7) is 3.59. The van der Waals surface area contributed by atoms with Crippen molar-refractivity contribution >= 4 is 11.5 Å². The van der Waals surface area contributed by atoms with Gasteiger partial charge in [-0.3, -0.25) is 4.79 Å². The third-order valence-corrected chi connectivity index (χ3v) is 2.02. The summed E-state index contributed by atoms with van der Waals surface area (Å²) in [5, 5.41) is 3.07. The van der Waals surface area contributed by atoms with Gasteiger partial charge in [0.05, 0.1) is 0 Å². The van der Waals surface area contributed by atoms with E-state index in [2.05, 4.69) is 11.9 Å². The minimum Gasteiger partial charge on any atom is -0.371 e. The van der Waals surface area contributed by atoms with E-state index in [0.29, 0.717) is 0 Å². The molecule has 0 saturated carbocycles. The number of anilines is 1. The third kappa shape index (κ3) is 0.848. The Morgan fingerprint density at radius 1 is 1.42 bits per heavy atom. The second kappa shape index (κ2) is 2.48. The molecule has 0 saturated heterocycles. The lowest BCUT2D eigenvalue weighted by Crippen LogP contribution is -2.18. The molecule has 0 bridgehead atoms. The average molecular weight is 159 g/mol. The monoisotopic (exact) mass is 159 g/mol. The van der Waals surface area contributed by atoms with Crippen LogP contribution in [0.25, 0.3) is 0 Å². The predicted molar refractivity (Wildman–Crippen MR) is 48.4 cm³/mol. The van der Waals surface area contributed by atoms with Gasteiger partial charge in [-0.1, -0.05) is 18.2 Å². The molecule has 1 aliphatic heterocycles. The Kier molecular flexibility index (Phi) is 1.47. The quantitative estimate of drug-likeness (QED) is 0.633. The fourth-order valence-corrected chi connectivity index (χ4v) is 1.39. The highest BCUT2D eigenvalue weighted by molar-refractivity contribution is 6.11. The van der Waals surface area contributed by atoms with Gasteiger partial charge in [0.2, 0.25) is 0 Å². The van der Waals surface area contributed by atoms with E-state index in [-0.39, 0.29) is 11.8 Å². The number of carbonyl (C=O) groups excluding carboxylic acids is 1. The number of fused-ring (bicyclic) bond motifs is 1. The zero-order valence-corrected chi connectivity index (χ0v) is 6.58. The number of hydrogen-bond donors (Lipinski definition) is 1. The van der Waals surface area contributed by atoms with Crippen LogP contribution in [-0.4, -0.2) is 11.8 Å². The summed E-state index contributed by atoms with van der Waals surface area (Å²) in [6, 6.07) is 7.27. The molecule has 0 aliphatic carbocycles. The van der Waals surface area contributed by atoms with E-state index in [0.717, 1.165) is 11.3 Å². The molecule has 2 rings (SSSR count). The minimum atomic E-state index is -0.234. The molecular formula is C10H9NO. The van der Waals surface area contributed by atoms with Gasteiger partial charge in [-0.25, -0.2) is 0 Å². The van der Waals surface area contributed by atoms with Gasteiger partial charge < -0.3 is 5.32 Å². The van der Waals surface area contributed by atoms with Crippen LogP contribution in [0.1, 0.15) is 10.4 Å². The summed E-state index contributed by atoms with van der Waals surface area (Å²) in [7, 11) is 0. The van der Waals surface area contributed by atoms with Gasteiger partial charge in [0, 0.05) is 11.3 Å². The fourth-order valence-electron chi connectivity index (χ4n) is 1.39. The minimum absolute atomic E-state index is 0.112. The van der Waals surface area contributed by atoms with Crippen LogP contribution in [0.5, 0.6) is 0 Å². The van der Waals surface area contributed by atoms with E-state index in [1.807, 2.05) is 24.3 Å². The van der Waals surface area contributed by atoms with Gasteiger partial charge in [-0.15, -0.1) is 6.58 Å². The number of benzene rings is 1. The first kappa shape index (κ1) is 7.10. The zero-order chi connectivity index (χ0) is 8.55. The van der Waals surface area contributed by atoms with Crippen LogP contribution in [0.3, 0.4) is 0 Å². The lowest BCUT2D eigenvalue weighted by Gasteiger charge is -2.00. The Bertz CT molecular complexity index is 343. The maximum atomic E-state index is 11.5. The van der Waals surface area contributed by atoms with Gasteiger partial charge in [0.15, 0.2) is 5.78 Å². The number of nitrogens with one attached hydrogen (secondary N) is 1. The molecule has 60 valence electrons. The predicted octanol–water partition coefficient (Wildman–Crippen LogP) is 1.85. The van der Waals surface area contributed by atoms with Gasteiger partial charge in [0.1, 0.15) is 6.04 Å². The third-order valence-electron chi connectivity index (χ3n) is 2.02. The standard InChI is InChI=1S/C10H9NO/c1-2-8-10(12)7-5-3-4-6-9(7)11-8/h2-6,8,11H,1H2. The molecule has 1 heterocycles. The first-order chi connectivity index (χ1) is 5.83. The molecule has 1 aliphatic rings. The van der Waals surface area contributed by atoms with Gasteiger partial charge in [0.25, 0.3) is 0 Å². The molecule has 1 aromatic rings. The lowest BCUT2D eigenvalue weighted by molar-refractivity contribution is 0.0993. The van der Waals surface area contributed by atoms with Gasteiger partial charge >= 0.3 is 0 Å². The molecule has 0 aromatic heterocycles. The van der Waals surface area contributed by atoms with Crippen LogP contribution >= 0.6 is 0 Å². The van der Waals surface area contributed by atoms with Crippen LogP contribution in [-0.2, 0) is 0 Å². The van der Waals surface area contributed by atoms with Crippen molar-refractivity contribution in [1.29, 1.82) is 0 Å². The molecule has 0 radical (unpaired) electrons. The first-order valence-electron chi connectivity index (χ1n) is 3.85. The highest BCUT2D eigenvalue weighted by Crippen LogP contribution is 2.25. The zero-order valence-electron chi connectivity index (χ0n) is 6.58. The van der Waals surface area contributed by atoms with Crippen LogP contribution in [0.15, 0.2) is 36.9 Å². The Hall–Kier alpha value is -1.57. The average Bonchev–Trinajstić information content (AvgIpc) is 2.44. The maximum Gasteiger partial charge on any atom is 0.191 e. The van der Waals surface area contributed by atoms with Crippen molar-refractivity contribution in [3.8, 4) is 0 Å².